The SMILES string of the molecule is CCNC(=NCc1ccc(N(C)C)cc1)NCc1cc(C(CC)CC)no1.I. The summed E-state index contributed by atoms with van der Waals surface area (Å²) in [4.78, 5) is 6.76. The summed E-state index contributed by atoms with van der Waals surface area (Å²) in [5.41, 5.74) is 3.40. The lowest BCUT2D eigenvalue weighted by atomic mass is 9.99. The highest BCUT2D eigenvalue weighted by molar-refractivity contribution is 14.0. The maximum Gasteiger partial charge on any atom is 0.191 e. The first-order valence-corrected chi connectivity index (χ1v) is 9.81. The van der Waals surface area contributed by atoms with Crippen LogP contribution in [-0.2, 0) is 13.1 Å². The normalized spacial score (nSPS) is 11.3. The minimum atomic E-state index is 0. The lowest BCUT2D eigenvalue weighted by molar-refractivity contribution is 0.368. The third kappa shape index (κ3) is 7.33. The van der Waals surface area contributed by atoms with Crippen molar-refractivity contribution in [3.8, 4) is 0 Å². The first kappa shape index (κ1) is 24.3. The number of nitrogens with zero attached hydrogens (tertiary/aromatic N) is 3. The highest BCUT2D eigenvalue weighted by atomic mass is 127. The zero-order valence-corrected chi connectivity index (χ0v) is 20.0. The van der Waals surface area contributed by atoms with Crippen molar-refractivity contribution in [2.45, 2.75) is 52.6 Å². The van der Waals surface area contributed by atoms with Gasteiger partial charge in [-0.1, -0.05) is 31.1 Å². The quantitative estimate of drug-likeness (QED) is 0.302. The molecule has 2 N–H and O–H groups in total. The number of benzene rings is 1. The predicted octanol–water partition coefficient (Wildman–Crippen LogP) is 4.52. The second kappa shape index (κ2) is 12.6. The zero-order chi connectivity index (χ0) is 19.6. The highest BCUT2D eigenvalue weighted by Crippen LogP contribution is 2.22. The number of halogens is 1. The van der Waals surface area contributed by atoms with Gasteiger partial charge >= 0.3 is 0 Å². The average Bonchev–Trinajstić information content (AvgIpc) is 3.14. The van der Waals surface area contributed by atoms with Crippen molar-refractivity contribution in [1.82, 2.24) is 15.8 Å². The molecule has 0 aliphatic carbocycles. The minimum absolute atomic E-state index is 0. The molecule has 1 aromatic heterocycles. The van der Waals surface area contributed by atoms with Crippen LogP contribution in [-0.4, -0.2) is 31.8 Å². The standard InChI is InChI=1S/C21H33N5O.HI/c1-6-17(7-2)20-13-19(27-25-20)15-24-21(22-8-3)23-14-16-9-11-18(12-10-16)26(4)5;/h9-13,17H,6-8,14-15H2,1-5H3,(H2,22,23,24);1H. The summed E-state index contributed by atoms with van der Waals surface area (Å²) in [7, 11) is 4.08. The van der Waals surface area contributed by atoms with Gasteiger partial charge in [-0.25, -0.2) is 4.99 Å². The van der Waals surface area contributed by atoms with E-state index in [0.717, 1.165) is 36.8 Å². The van der Waals surface area contributed by atoms with Crippen LogP contribution < -0.4 is 15.5 Å². The molecule has 0 atom stereocenters. The van der Waals surface area contributed by atoms with Gasteiger partial charge in [0.1, 0.15) is 0 Å². The van der Waals surface area contributed by atoms with Gasteiger partial charge in [-0.15, -0.1) is 24.0 Å². The average molecular weight is 499 g/mol. The maximum absolute atomic E-state index is 5.48. The van der Waals surface area contributed by atoms with Gasteiger partial charge < -0.3 is 20.1 Å². The van der Waals surface area contributed by atoms with E-state index in [1.165, 1.54) is 11.3 Å². The Kier molecular flexibility index (Phi) is 11.0. The molecule has 0 saturated heterocycles. The van der Waals surface area contributed by atoms with Gasteiger partial charge in [0.15, 0.2) is 11.7 Å². The van der Waals surface area contributed by atoms with Crippen molar-refractivity contribution in [3.05, 3.63) is 47.3 Å². The summed E-state index contributed by atoms with van der Waals surface area (Å²) in [6, 6.07) is 10.5. The van der Waals surface area contributed by atoms with Crippen LogP contribution in [0.25, 0.3) is 0 Å². The van der Waals surface area contributed by atoms with Crippen molar-refractivity contribution in [1.29, 1.82) is 0 Å². The fourth-order valence-corrected chi connectivity index (χ4v) is 2.89. The van der Waals surface area contributed by atoms with E-state index < -0.39 is 0 Å². The fourth-order valence-electron chi connectivity index (χ4n) is 2.89. The van der Waals surface area contributed by atoms with Gasteiger partial charge in [-0.2, -0.15) is 0 Å². The van der Waals surface area contributed by atoms with Crippen molar-refractivity contribution < 1.29 is 4.52 Å². The van der Waals surface area contributed by atoms with E-state index >= 15 is 0 Å². The summed E-state index contributed by atoms with van der Waals surface area (Å²) < 4.78 is 5.48. The Balaban J connectivity index is 0.00000392. The van der Waals surface area contributed by atoms with Crippen molar-refractivity contribution >= 4 is 35.6 Å². The predicted molar refractivity (Wildman–Crippen MR) is 128 cm³/mol. The fraction of sp³-hybridized carbons (Fsp3) is 0.524. The molecule has 0 aliphatic rings. The number of aliphatic imine (C=N–C) groups is 1. The number of anilines is 1. The van der Waals surface area contributed by atoms with Crippen molar-refractivity contribution in [3.63, 3.8) is 0 Å². The summed E-state index contributed by atoms with van der Waals surface area (Å²) in [6.45, 7) is 8.42. The van der Waals surface area contributed by atoms with Gasteiger partial charge in [-0.05, 0) is 37.5 Å². The van der Waals surface area contributed by atoms with E-state index in [9.17, 15) is 0 Å². The van der Waals surface area contributed by atoms with Crippen LogP contribution in [0.15, 0.2) is 39.8 Å². The summed E-state index contributed by atoms with van der Waals surface area (Å²) in [5, 5.41) is 10.8. The van der Waals surface area contributed by atoms with Gasteiger partial charge in [0.05, 0.1) is 18.8 Å². The van der Waals surface area contributed by atoms with Crippen molar-refractivity contribution in [2.75, 3.05) is 25.5 Å². The Labute approximate surface area is 186 Å². The summed E-state index contributed by atoms with van der Waals surface area (Å²) >= 11 is 0. The molecule has 0 spiro atoms. The second-order valence-corrected chi connectivity index (χ2v) is 6.84. The molecule has 0 aliphatic heterocycles. The summed E-state index contributed by atoms with van der Waals surface area (Å²) in [6.07, 6.45) is 2.15. The van der Waals surface area contributed by atoms with E-state index in [1.54, 1.807) is 0 Å². The molecule has 0 radical (unpaired) electrons. The Morgan fingerprint density at radius 3 is 2.36 bits per heavy atom. The maximum atomic E-state index is 5.48. The Hall–Kier alpha value is -1.77. The lowest BCUT2D eigenvalue weighted by Gasteiger charge is -2.13. The molecule has 0 unspecified atom stereocenters. The molecule has 0 bridgehead atoms. The van der Waals surface area contributed by atoms with Crippen LogP contribution >= 0.6 is 24.0 Å². The number of aromatic nitrogens is 1. The van der Waals surface area contributed by atoms with Gasteiger partial charge in [0.25, 0.3) is 0 Å². The number of guanidine groups is 1. The van der Waals surface area contributed by atoms with E-state index in [2.05, 4.69) is 70.7 Å². The third-order valence-corrected chi connectivity index (χ3v) is 4.63. The molecule has 28 heavy (non-hydrogen) atoms. The van der Waals surface area contributed by atoms with E-state index in [1.807, 2.05) is 20.2 Å². The Morgan fingerprint density at radius 2 is 1.79 bits per heavy atom. The van der Waals surface area contributed by atoms with Crippen LogP contribution in [0, 0.1) is 0 Å². The largest absolute Gasteiger partial charge is 0.378 e. The zero-order valence-electron chi connectivity index (χ0n) is 17.7. The molecule has 1 aromatic carbocycles. The van der Waals surface area contributed by atoms with Crippen LogP contribution in [0.2, 0.25) is 0 Å². The Morgan fingerprint density at radius 1 is 1.11 bits per heavy atom. The molecule has 2 rings (SSSR count). The molecule has 7 heteroatoms. The first-order valence-electron chi connectivity index (χ1n) is 9.81. The van der Waals surface area contributed by atoms with Gasteiger partial charge in [-0.3, -0.25) is 0 Å². The van der Waals surface area contributed by atoms with Gasteiger partial charge in [0, 0.05) is 38.3 Å². The van der Waals surface area contributed by atoms with Gasteiger partial charge in [0.2, 0.25) is 0 Å². The molecular formula is C21H34IN5O. The topological polar surface area (TPSA) is 65.7 Å². The number of nitrogens with one attached hydrogen (secondary N) is 2. The number of rotatable bonds is 9. The molecule has 1 heterocycles. The highest BCUT2D eigenvalue weighted by Gasteiger charge is 2.13. The summed E-state index contributed by atoms with van der Waals surface area (Å²) in [5.74, 6) is 2.07. The molecule has 156 valence electrons. The van der Waals surface area contributed by atoms with E-state index in [-0.39, 0.29) is 24.0 Å². The molecule has 6 nitrogen and oxygen atoms in total. The van der Waals surface area contributed by atoms with Crippen LogP contribution in [0.5, 0.6) is 0 Å². The monoisotopic (exact) mass is 499 g/mol. The molecule has 0 saturated carbocycles. The second-order valence-electron chi connectivity index (χ2n) is 6.84. The molecule has 0 fully saturated rings. The first-order chi connectivity index (χ1) is 13.1. The smallest absolute Gasteiger partial charge is 0.191 e. The third-order valence-electron chi connectivity index (χ3n) is 4.63. The molecule has 2 aromatic rings. The molecule has 0 amide bonds. The number of hydrogen-bond acceptors (Lipinski definition) is 4. The Bertz CT molecular complexity index is 708. The number of hydrogen-bond donors (Lipinski definition) is 2. The van der Waals surface area contributed by atoms with E-state index in [0.29, 0.717) is 19.0 Å². The minimum Gasteiger partial charge on any atom is -0.378 e. The van der Waals surface area contributed by atoms with Crippen molar-refractivity contribution in [2.24, 2.45) is 4.99 Å². The van der Waals surface area contributed by atoms with Crippen LogP contribution in [0.3, 0.4) is 0 Å². The molecular weight excluding hydrogens is 465 g/mol. The van der Waals surface area contributed by atoms with E-state index in [4.69, 9.17) is 4.52 Å². The van der Waals surface area contributed by atoms with Crippen LogP contribution in [0.4, 0.5) is 5.69 Å². The van der Waals surface area contributed by atoms with Crippen LogP contribution in [0.1, 0.15) is 56.5 Å². The lowest BCUT2D eigenvalue weighted by Crippen LogP contribution is -2.36.